The van der Waals surface area contributed by atoms with Crippen molar-refractivity contribution < 1.29 is 13.9 Å². The van der Waals surface area contributed by atoms with E-state index in [1.165, 1.54) is 12.3 Å². The Morgan fingerprint density at radius 2 is 2.16 bits per heavy atom. The van der Waals surface area contributed by atoms with Gasteiger partial charge in [-0.15, -0.1) is 0 Å². The van der Waals surface area contributed by atoms with E-state index >= 15 is 0 Å². The van der Waals surface area contributed by atoms with E-state index < -0.39 is 0 Å². The molecule has 1 heterocycles. The molecule has 4 nitrogen and oxygen atoms in total. The Hall–Kier alpha value is -1.78. The van der Waals surface area contributed by atoms with Gasteiger partial charge >= 0.3 is 0 Å². The Labute approximate surface area is 116 Å². The van der Waals surface area contributed by atoms with Crippen LogP contribution in [-0.2, 0) is 11.3 Å². The molecule has 0 atom stereocenters. The maximum Gasteiger partial charge on any atom is 0.260 e. The molecule has 0 aliphatic rings. The van der Waals surface area contributed by atoms with Gasteiger partial charge in [-0.1, -0.05) is 18.2 Å². The number of hydrogen-bond donors (Lipinski definition) is 1. The number of halogens is 1. The molecule has 2 rings (SSSR count). The molecule has 0 saturated carbocycles. The van der Waals surface area contributed by atoms with Crippen molar-refractivity contribution in [1.82, 2.24) is 0 Å². The molecule has 0 unspecified atom stereocenters. The number of carbonyl (C=O) groups excluding carboxylic acids is 1. The number of para-hydroxylation sites is 1. The van der Waals surface area contributed by atoms with Crippen molar-refractivity contribution in [3.8, 4) is 0 Å². The fraction of sp³-hybridized carbons (Fsp3) is 0.214. The van der Waals surface area contributed by atoms with Crippen LogP contribution >= 0.6 is 11.6 Å². The summed E-state index contributed by atoms with van der Waals surface area (Å²) < 4.78 is 10.3. The highest BCUT2D eigenvalue weighted by Gasteiger charge is 2.14. The van der Waals surface area contributed by atoms with Crippen molar-refractivity contribution >= 4 is 23.2 Å². The monoisotopic (exact) mass is 279 g/mol. The summed E-state index contributed by atoms with van der Waals surface area (Å²) in [4.78, 5) is 12.0. The topological polar surface area (TPSA) is 51.5 Å². The van der Waals surface area contributed by atoms with Crippen LogP contribution in [0.1, 0.15) is 22.8 Å². The molecule has 0 aliphatic heterocycles. The van der Waals surface area contributed by atoms with Gasteiger partial charge in [0, 0.05) is 17.9 Å². The second-order valence-corrected chi connectivity index (χ2v) is 4.20. The summed E-state index contributed by atoms with van der Waals surface area (Å²) >= 11 is 5.77. The van der Waals surface area contributed by atoms with Crippen LogP contribution in [-0.4, -0.2) is 12.5 Å². The summed E-state index contributed by atoms with van der Waals surface area (Å²) in [7, 11) is 0. The van der Waals surface area contributed by atoms with Gasteiger partial charge in [-0.3, -0.25) is 4.79 Å². The van der Waals surface area contributed by atoms with Crippen molar-refractivity contribution in [2.24, 2.45) is 0 Å². The summed E-state index contributed by atoms with van der Waals surface area (Å²) in [6.07, 6.45) is 1.38. The van der Waals surface area contributed by atoms with Gasteiger partial charge in [0.25, 0.3) is 5.91 Å². The Morgan fingerprint density at radius 3 is 2.84 bits per heavy atom. The Kier molecular flexibility index (Phi) is 4.60. The van der Waals surface area contributed by atoms with Gasteiger partial charge < -0.3 is 14.5 Å². The molecule has 0 aliphatic carbocycles. The molecule has 100 valence electrons. The molecular weight excluding hydrogens is 266 g/mol. The molecule has 1 aromatic heterocycles. The van der Waals surface area contributed by atoms with E-state index in [9.17, 15) is 4.79 Å². The van der Waals surface area contributed by atoms with Crippen LogP contribution in [0.2, 0.25) is 5.22 Å². The molecule has 5 heteroatoms. The molecule has 1 aromatic carbocycles. The van der Waals surface area contributed by atoms with Crippen LogP contribution in [0.4, 0.5) is 5.69 Å². The number of carbonyl (C=O) groups is 1. The Morgan fingerprint density at radius 1 is 1.37 bits per heavy atom. The van der Waals surface area contributed by atoms with Crippen molar-refractivity contribution in [3.05, 3.63) is 52.9 Å². The van der Waals surface area contributed by atoms with E-state index in [1.807, 2.05) is 31.2 Å². The number of benzene rings is 1. The zero-order valence-electron chi connectivity index (χ0n) is 10.5. The SMILES string of the molecule is CCOCc1ccccc1NC(=O)c1ccoc1Cl. The minimum atomic E-state index is -0.303. The van der Waals surface area contributed by atoms with Crippen molar-refractivity contribution in [3.63, 3.8) is 0 Å². The lowest BCUT2D eigenvalue weighted by Gasteiger charge is -2.10. The summed E-state index contributed by atoms with van der Waals surface area (Å²) in [5.41, 5.74) is 1.93. The molecule has 2 aromatic rings. The second kappa shape index (κ2) is 6.41. The predicted molar refractivity (Wildman–Crippen MR) is 73.4 cm³/mol. The third-order valence-corrected chi connectivity index (χ3v) is 2.88. The highest BCUT2D eigenvalue weighted by Crippen LogP contribution is 2.21. The Bertz CT molecular complexity index is 565. The fourth-order valence-corrected chi connectivity index (χ4v) is 1.83. The highest BCUT2D eigenvalue weighted by molar-refractivity contribution is 6.32. The summed E-state index contributed by atoms with van der Waals surface area (Å²) in [5, 5.41) is 2.88. The van der Waals surface area contributed by atoms with Gasteiger partial charge in [-0.25, -0.2) is 0 Å². The van der Waals surface area contributed by atoms with Crippen LogP contribution in [0.3, 0.4) is 0 Å². The predicted octanol–water partition coefficient (Wildman–Crippen LogP) is 3.72. The van der Waals surface area contributed by atoms with Gasteiger partial charge in [0.15, 0.2) is 0 Å². The van der Waals surface area contributed by atoms with E-state index in [0.717, 1.165) is 5.56 Å². The van der Waals surface area contributed by atoms with Gasteiger partial charge in [0.2, 0.25) is 5.22 Å². The summed E-state index contributed by atoms with van der Waals surface area (Å²) in [6.45, 7) is 2.99. The average Bonchev–Trinajstić information content (AvgIpc) is 2.84. The zero-order chi connectivity index (χ0) is 13.7. The zero-order valence-corrected chi connectivity index (χ0v) is 11.2. The molecule has 0 saturated heterocycles. The van der Waals surface area contributed by atoms with E-state index in [0.29, 0.717) is 24.5 Å². The van der Waals surface area contributed by atoms with E-state index in [2.05, 4.69) is 5.32 Å². The van der Waals surface area contributed by atoms with Crippen molar-refractivity contribution in [2.75, 3.05) is 11.9 Å². The van der Waals surface area contributed by atoms with Gasteiger partial charge in [0.1, 0.15) is 0 Å². The van der Waals surface area contributed by atoms with Gasteiger partial charge in [-0.05, 0) is 30.7 Å². The fourth-order valence-electron chi connectivity index (χ4n) is 1.63. The smallest absolute Gasteiger partial charge is 0.260 e. The average molecular weight is 280 g/mol. The largest absolute Gasteiger partial charge is 0.452 e. The lowest BCUT2D eigenvalue weighted by molar-refractivity contribution is 0.102. The minimum Gasteiger partial charge on any atom is -0.452 e. The molecule has 1 amide bonds. The number of furan rings is 1. The van der Waals surface area contributed by atoms with Gasteiger partial charge in [0.05, 0.1) is 18.4 Å². The van der Waals surface area contributed by atoms with E-state index in [4.69, 9.17) is 20.8 Å². The first-order chi connectivity index (χ1) is 9.22. The first kappa shape index (κ1) is 13.6. The Balaban J connectivity index is 2.15. The highest BCUT2D eigenvalue weighted by atomic mass is 35.5. The number of rotatable bonds is 5. The normalized spacial score (nSPS) is 10.4. The van der Waals surface area contributed by atoms with Crippen LogP contribution in [0, 0.1) is 0 Å². The van der Waals surface area contributed by atoms with Crippen molar-refractivity contribution in [1.29, 1.82) is 0 Å². The second-order valence-electron chi connectivity index (χ2n) is 3.86. The molecule has 1 N–H and O–H groups in total. The number of ether oxygens (including phenoxy) is 1. The molecule has 0 radical (unpaired) electrons. The lowest BCUT2D eigenvalue weighted by atomic mass is 10.2. The van der Waals surface area contributed by atoms with Crippen LogP contribution in [0.25, 0.3) is 0 Å². The summed E-state index contributed by atoms with van der Waals surface area (Å²) in [6, 6.07) is 9.00. The standard InChI is InChI=1S/C14H14ClNO3/c1-2-18-9-10-5-3-4-6-12(10)16-14(17)11-7-8-19-13(11)15/h3-8H,2,9H2,1H3,(H,16,17). The molecule has 0 fully saturated rings. The summed E-state index contributed by atoms with van der Waals surface area (Å²) in [5.74, 6) is -0.303. The van der Waals surface area contributed by atoms with Crippen LogP contribution in [0.15, 0.2) is 41.0 Å². The quantitative estimate of drug-likeness (QED) is 0.907. The first-order valence-electron chi connectivity index (χ1n) is 5.92. The third-order valence-electron chi connectivity index (χ3n) is 2.59. The maximum absolute atomic E-state index is 12.0. The maximum atomic E-state index is 12.0. The van der Waals surface area contributed by atoms with Gasteiger partial charge in [-0.2, -0.15) is 0 Å². The number of hydrogen-bond acceptors (Lipinski definition) is 3. The lowest BCUT2D eigenvalue weighted by Crippen LogP contribution is -2.13. The van der Waals surface area contributed by atoms with Crippen molar-refractivity contribution in [2.45, 2.75) is 13.5 Å². The molecule has 0 spiro atoms. The number of anilines is 1. The van der Waals surface area contributed by atoms with E-state index in [-0.39, 0.29) is 11.1 Å². The van der Waals surface area contributed by atoms with Crippen LogP contribution in [0.5, 0.6) is 0 Å². The number of amides is 1. The molecule has 19 heavy (non-hydrogen) atoms. The molecular formula is C14H14ClNO3. The molecule has 0 bridgehead atoms. The third kappa shape index (κ3) is 3.36. The van der Waals surface area contributed by atoms with Crippen LogP contribution < -0.4 is 5.32 Å². The first-order valence-corrected chi connectivity index (χ1v) is 6.30. The minimum absolute atomic E-state index is 0.0831. The number of nitrogens with one attached hydrogen (secondary N) is 1. The van der Waals surface area contributed by atoms with E-state index in [1.54, 1.807) is 0 Å².